The lowest BCUT2D eigenvalue weighted by atomic mass is 10.0. The average molecular weight is 296 g/mol. The van der Waals surface area contributed by atoms with Crippen molar-refractivity contribution in [3.05, 3.63) is 0 Å². The first-order valence-corrected chi connectivity index (χ1v) is 6.91. The highest BCUT2D eigenvalue weighted by Gasteiger charge is 2.32. The molecule has 1 atom stereocenters. The molecule has 0 radical (unpaired) electrons. The first-order chi connectivity index (χ1) is 9.33. The second-order valence-electron chi connectivity index (χ2n) is 5.25. The third-order valence-electron chi connectivity index (χ3n) is 3.50. The van der Waals surface area contributed by atoms with E-state index in [-0.39, 0.29) is 31.6 Å². The summed E-state index contributed by atoms with van der Waals surface area (Å²) in [4.78, 5) is 14.9. The van der Waals surface area contributed by atoms with E-state index in [0.717, 1.165) is 24.2 Å². The second kappa shape index (κ2) is 7.83. The van der Waals surface area contributed by atoms with Crippen molar-refractivity contribution in [1.29, 1.82) is 0 Å². The SMILES string of the molecule is COCCN(CC(=O)N1CCCC[C@H]1C)CC(F)(F)F. The van der Waals surface area contributed by atoms with Crippen molar-refractivity contribution in [2.24, 2.45) is 0 Å². The minimum atomic E-state index is -4.30. The zero-order valence-corrected chi connectivity index (χ0v) is 12.1. The van der Waals surface area contributed by atoms with Crippen LogP contribution in [0, 0.1) is 0 Å². The molecule has 7 heteroatoms. The quantitative estimate of drug-likeness (QED) is 0.750. The maximum Gasteiger partial charge on any atom is 0.401 e. The van der Waals surface area contributed by atoms with Gasteiger partial charge in [0.05, 0.1) is 19.7 Å². The number of carbonyl (C=O) groups excluding carboxylic acids is 1. The van der Waals surface area contributed by atoms with Crippen molar-refractivity contribution < 1.29 is 22.7 Å². The molecule has 1 heterocycles. The monoisotopic (exact) mass is 296 g/mol. The van der Waals surface area contributed by atoms with Gasteiger partial charge in [-0.25, -0.2) is 0 Å². The van der Waals surface area contributed by atoms with Crippen LogP contribution in [0.1, 0.15) is 26.2 Å². The number of hydrogen-bond acceptors (Lipinski definition) is 3. The van der Waals surface area contributed by atoms with Crippen LogP contribution in [0.25, 0.3) is 0 Å². The first-order valence-electron chi connectivity index (χ1n) is 6.91. The molecule has 0 aromatic heterocycles. The second-order valence-corrected chi connectivity index (χ2v) is 5.25. The molecule has 0 bridgehead atoms. The van der Waals surface area contributed by atoms with Crippen LogP contribution >= 0.6 is 0 Å². The van der Waals surface area contributed by atoms with Gasteiger partial charge in [-0.05, 0) is 26.2 Å². The molecule has 1 aliphatic heterocycles. The molecule has 0 unspecified atom stereocenters. The summed E-state index contributed by atoms with van der Waals surface area (Å²) in [5, 5.41) is 0. The van der Waals surface area contributed by atoms with E-state index in [2.05, 4.69) is 0 Å². The Labute approximate surface area is 117 Å². The van der Waals surface area contributed by atoms with Gasteiger partial charge in [0, 0.05) is 26.2 Å². The number of hydrogen-bond donors (Lipinski definition) is 0. The van der Waals surface area contributed by atoms with E-state index in [9.17, 15) is 18.0 Å². The molecule has 0 saturated carbocycles. The number of nitrogens with zero attached hydrogens (tertiary/aromatic N) is 2. The molecule has 0 aromatic rings. The topological polar surface area (TPSA) is 32.8 Å². The van der Waals surface area contributed by atoms with Gasteiger partial charge in [-0.2, -0.15) is 13.2 Å². The number of alkyl halides is 3. The molecule has 1 rings (SSSR count). The molecule has 0 aromatic carbocycles. The van der Waals surface area contributed by atoms with Crippen LogP contribution in [0.5, 0.6) is 0 Å². The van der Waals surface area contributed by atoms with E-state index in [1.165, 1.54) is 7.11 Å². The number of rotatable bonds is 6. The molecular weight excluding hydrogens is 273 g/mol. The Balaban J connectivity index is 2.55. The van der Waals surface area contributed by atoms with Crippen molar-refractivity contribution in [3.63, 3.8) is 0 Å². The van der Waals surface area contributed by atoms with Crippen LogP contribution in [-0.4, -0.2) is 67.8 Å². The zero-order valence-electron chi connectivity index (χ0n) is 12.1. The lowest BCUT2D eigenvalue weighted by Crippen LogP contribution is -2.49. The predicted octanol–water partition coefficient (Wildman–Crippen LogP) is 1.90. The fourth-order valence-electron chi connectivity index (χ4n) is 2.44. The highest BCUT2D eigenvalue weighted by molar-refractivity contribution is 5.78. The predicted molar refractivity (Wildman–Crippen MR) is 69.4 cm³/mol. The van der Waals surface area contributed by atoms with Gasteiger partial charge in [0.1, 0.15) is 0 Å². The van der Waals surface area contributed by atoms with Crippen LogP contribution in [-0.2, 0) is 9.53 Å². The Morgan fingerprint density at radius 3 is 2.65 bits per heavy atom. The van der Waals surface area contributed by atoms with Crippen LogP contribution < -0.4 is 0 Å². The van der Waals surface area contributed by atoms with E-state index >= 15 is 0 Å². The maximum atomic E-state index is 12.5. The molecule has 1 fully saturated rings. The summed E-state index contributed by atoms with van der Waals surface area (Å²) in [5.74, 6) is -0.224. The minimum absolute atomic E-state index is 0.101. The van der Waals surface area contributed by atoms with Gasteiger partial charge in [-0.15, -0.1) is 0 Å². The number of halogens is 3. The highest BCUT2D eigenvalue weighted by atomic mass is 19.4. The van der Waals surface area contributed by atoms with Crippen LogP contribution in [0.15, 0.2) is 0 Å². The summed E-state index contributed by atoms with van der Waals surface area (Å²) in [5.41, 5.74) is 0. The summed E-state index contributed by atoms with van der Waals surface area (Å²) < 4.78 is 42.3. The van der Waals surface area contributed by atoms with E-state index in [1.54, 1.807) is 4.90 Å². The third-order valence-corrected chi connectivity index (χ3v) is 3.50. The summed E-state index contributed by atoms with van der Waals surface area (Å²) >= 11 is 0. The lowest BCUT2D eigenvalue weighted by molar-refractivity contribution is -0.153. The van der Waals surface area contributed by atoms with E-state index in [4.69, 9.17) is 4.74 Å². The summed E-state index contributed by atoms with van der Waals surface area (Å²) in [7, 11) is 1.43. The molecule has 1 saturated heterocycles. The summed E-state index contributed by atoms with van der Waals surface area (Å²) in [6.45, 7) is 1.59. The molecule has 118 valence electrons. The molecule has 0 aliphatic carbocycles. The molecule has 20 heavy (non-hydrogen) atoms. The van der Waals surface area contributed by atoms with Gasteiger partial charge in [-0.3, -0.25) is 9.69 Å². The summed E-state index contributed by atoms with van der Waals surface area (Å²) in [6, 6.07) is 0.117. The largest absolute Gasteiger partial charge is 0.401 e. The number of amides is 1. The van der Waals surface area contributed by atoms with E-state index in [1.807, 2.05) is 6.92 Å². The Morgan fingerprint density at radius 2 is 2.10 bits per heavy atom. The molecule has 1 aliphatic rings. The maximum absolute atomic E-state index is 12.5. The smallest absolute Gasteiger partial charge is 0.383 e. The normalized spacial score (nSPS) is 20.5. The van der Waals surface area contributed by atoms with Crippen molar-refractivity contribution >= 4 is 5.91 Å². The van der Waals surface area contributed by atoms with Crippen molar-refractivity contribution in [2.75, 3.05) is 39.9 Å². The molecule has 0 N–H and O–H groups in total. The van der Waals surface area contributed by atoms with Gasteiger partial charge in [-0.1, -0.05) is 0 Å². The van der Waals surface area contributed by atoms with Crippen LogP contribution in [0.3, 0.4) is 0 Å². The molecule has 1 amide bonds. The molecule has 4 nitrogen and oxygen atoms in total. The van der Waals surface area contributed by atoms with Gasteiger partial charge in [0.25, 0.3) is 0 Å². The fourth-order valence-corrected chi connectivity index (χ4v) is 2.44. The Kier molecular flexibility index (Phi) is 6.75. The van der Waals surface area contributed by atoms with Crippen LogP contribution in [0.4, 0.5) is 13.2 Å². The van der Waals surface area contributed by atoms with Crippen molar-refractivity contribution in [2.45, 2.75) is 38.4 Å². The zero-order chi connectivity index (χ0) is 15.2. The third kappa shape index (κ3) is 6.09. The molecular formula is C13H23F3N2O2. The van der Waals surface area contributed by atoms with Crippen molar-refractivity contribution in [3.8, 4) is 0 Å². The Bertz CT molecular complexity index is 310. The van der Waals surface area contributed by atoms with E-state index in [0.29, 0.717) is 6.54 Å². The Hall–Kier alpha value is -0.820. The number of carbonyl (C=O) groups is 1. The number of piperidine rings is 1. The number of methoxy groups -OCH3 is 1. The van der Waals surface area contributed by atoms with Gasteiger partial charge in [0.15, 0.2) is 0 Å². The highest BCUT2D eigenvalue weighted by Crippen LogP contribution is 2.19. The van der Waals surface area contributed by atoms with Crippen molar-refractivity contribution in [1.82, 2.24) is 9.80 Å². The lowest BCUT2D eigenvalue weighted by Gasteiger charge is -2.35. The summed E-state index contributed by atoms with van der Waals surface area (Å²) in [6.07, 6.45) is -1.39. The molecule has 0 spiro atoms. The standard InChI is InChI=1S/C13H23F3N2O2/c1-11-5-3-4-6-18(11)12(19)9-17(7-8-20-2)10-13(14,15)16/h11H,3-10H2,1-2H3/t11-/m1/s1. The minimum Gasteiger partial charge on any atom is -0.383 e. The average Bonchev–Trinajstić information content (AvgIpc) is 2.34. The number of ether oxygens (including phenoxy) is 1. The van der Waals surface area contributed by atoms with E-state index < -0.39 is 12.7 Å². The fraction of sp³-hybridized carbons (Fsp3) is 0.923. The Morgan fingerprint density at radius 1 is 1.40 bits per heavy atom. The number of likely N-dealkylation sites (tertiary alicyclic amines) is 1. The van der Waals surface area contributed by atoms with Gasteiger partial charge in [0.2, 0.25) is 5.91 Å². The van der Waals surface area contributed by atoms with Gasteiger partial charge < -0.3 is 9.64 Å². The van der Waals surface area contributed by atoms with Gasteiger partial charge >= 0.3 is 6.18 Å². The first kappa shape index (κ1) is 17.2. The van der Waals surface area contributed by atoms with Crippen LogP contribution in [0.2, 0.25) is 0 Å².